The molecule has 7 heteroatoms. The molecule has 1 aliphatic rings. The number of nitrogens with zero attached hydrogens (tertiary/aromatic N) is 1. The second kappa shape index (κ2) is 8.51. The lowest BCUT2D eigenvalue weighted by atomic mass is 10.1. The zero-order valence-corrected chi connectivity index (χ0v) is 16.1. The summed E-state index contributed by atoms with van der Waals surface area (Å²) >= 11 is 1.81. The minimum absolute atomic E-state index is 0.190. The van der Waals surface area contributed by atoms with E-state index in [9.17, 15) is 4.39 Å². The number of rotatable bonds is 5. The number of nitrogens with one attached hydrogen (secondary N) is 2. The Morgan fingerprint density at radius 3 is 2.96 bits per heavy atom. The molecule has 140 valence electrons. The van der Waals surface area contributed by atoms with E-state index in [1.54, 1.807) is 7.05 Å². The maximum absolute atomic E-state index is 13.8. The number of halogens is 1. The first kappa shape index (κ1) is 18.7. The Hall–Kier alpha value is -2.12. The monoisotopic (exact) mass is 377 g/mol. The highest BCUT2D eigenvalue weighted by atomic mass is 32.1. The van der Waals surface area contributed by atoms with Crippen LogP contribution in [0.4, 0.5) is 4.39 Å². The third-order valence-electron chi connectivity index (χ3n) is 4.11. The van der Waals surface area contributed by atoms with Gasteiger partial charge in [0.05, 0.1) is 6.61 Å². The van der Waals surface area contributed by atoms with E-state index in [1.807, 2.05) is 11.3 Å². The first-order chi connectivity index (χ1) is 12.5. The van der Waals surface area contributed by atoms with Crippen molar-refractivity contribution >= 4 is 17.3 Å². The standard InChI is InChI=1S/C19H24FN3O2S/c1-12(6-17-5-4-13(2)26-17)23-19(21-3)22-9-14-7-16(20)8-15-10-24-11-25-18(14)15/h4-5,7-8,12H,6,9-11H2,1-3H3,(H2,21,22,23). The molecule has 0 bridgehead atoms. The van der Waals surface area contributed by atoms with E-state index < -0.39 is 0 Å². The highest BCUT2D eigenvalue weighted by molar-refractivity contribution is 7.11. The van der Waals surface area contributed by atoms with E-state index in [-0.39, 0.29) is 18.7 Å². The van der Waals surface area contributed by atoms with E-state index in [0.29, 0.717) is 24.9 Å². The van der Waals surface area contributed by atoms with Gasteiger partial charge in [0.25, 0.3) is 0 Å². The van der Waals surface area contributed by atoms with Crippen LogP contribution >= 0.6 is 11.3 Å². The van der Waals surface area contributed by atoms with Crippen molar-refractivity contribution in [2.75, 3.05) is 13.8 Å². The van der Waals surface area contributed by atoms with Crippen LogP contribution in [0, 0.1) is 12.7 Å². The number of guanidine groups is 1. The van der Waals surface area contributed by atoms with Gasteiger partial charge in [-0.1, -0.05) is 0 Å². The van der Waals surface area contributed by atoms with Crippen molar-refractivity contribution in [2.24, 2.45) is 4.99 Å². The quantitative estimate of drug-likeness (QED) is 0.620. The number of aryl methyl sites for hydroxylation is 1. The maximum atomic E-state index is 13.8. The fourth-order valence-corrected chi connectivity index (χ4v) is 3.96. The van der Waals surface area contributed by atoms with Gasteiger partial charge in [-0.15, -0.1) is 11.3 Å². The fraction of sp³-hybridized carbons (Fsp3) is 0.421. The van der Waals surface area contributed by atoms with Crippen LogP contribution < -0.4 is 15.4 Å². The lowest BCUT2D eigenvalue weighted by Crippen LogP contribution is -2.42. The summed E-state index contributed by atoms with van der Waals surface area (Å²) in [6.07, 6.45) is 0.926. The van der Waals surface area contributed by atoms with Gasteiger partial charge in [-0.3, -0.25) is 4.99 Å². The van der Waals surface area contributed by atoms with E-state index >= 15 is 0 Å². The lowest BCUT2D eigenvalue weighted by molar-refractivity contribution is -0.0172. The number of aliphatic imine (C=N–C) groups is 1. The molecular weight excluding hydrogens is 353 g/mol. The molecule has 0 amide bonds. The van der Waals surface area contributed by atoms with Crippen LogP contribution in [-0.2, 0) is 24.3 Å². The second-order valence-corrected chi connectivity index (χ2v) is 7.72. The third-order valence-corrected chi connectivity index (χ3v) is 5.13. The molecule has 0 fully saturated rings. The summed E-state index contributed by atoms with van der Waals surface area (Å²) in [4.78, 5) is 6.92. The Labute approximate surface area is 157 Å². The van der Waals surface area contributed by atoms with E-state index in [1.165, 1.54) is 21.9 Å². The number of hydrogen-bond acceptors (Lipinski definition) is 4. The first-order valence-corrected chi connectivity index (χ1v) is 9.41. The van der Waals surface area contributed by atoms with Crippen molar-refractivity contribution < 1.29 is 13.9 Å². The minimum atomic E-state index is -0.293. The Bertz CT molecular complexity index is 791. The van der Waals surface area contributed by atoms with Gasteiger partial charge in [0.1, 0.15) is 11.6 Å². The lowest BCUT2D eigenvalue weighted by Gasteiger charge is -2.22. The van der Waals surface area contributed by atoms with Crippen molar-refractivity contribution in [3.05, 3.63) is 51.0 Å². The summed E-state index contributed by atoms with van der Waals surface area (Å²) < 4.78 is 24.6. The van der Waals surface area contributed by atoms with Crippen molar-refractivity contribution in [1.29, 1.82) is 0 Å². The van der Waals surface area contributed by atoms with E-state index in [4.69, 9.17) is 9.47 Å². The number of fused-ring (bicyclic) bond motifs is 1. The highest BCUT2D eigenvalue weighted by Crippen LogP contribution is 2.29. The van der Waals surface area contributed by atoms with Gasteiger partial charge in [-0.2, -0.15) is 0 Å². The Morgan fingerprint density at radius 2 is 2.23 bits per heavy atom. The summed E-state index contributed by atoms with van der Waals surface area (Å²) in [5.74, 6) is 1.08. The molecule has 2 N–H and O–H groups in total. The zero-order valence-electron chi connectivity index (χ0n) is 15.3. The number of benzene rings is 1. The second-order valence-electron chi connectivity index (χ2n) is 6.35. The van der Waals surface area contributed by atoms with Crippen LogP contribution in [-0.4, -0.2) is 25.8 Å². The van der Waals surface area contributed by atoms with Crippen molar-refractivity contribution in [2.45, 2.75) is 39.5 Å². The molecule has 3 rings (SSSR count). The topological polar surface area (TPSA) is 54.9 Å². The molecule has 2 heterocycles. The molecule has 1 aliphatic heterocycles. The van der Waals surface area contributed by atoms with Crippen LogP contribution in [0.3, 0.4) is 0 Å². The average Bonchev–Trinajstić information content (AvgIpc) is 3.02. The van der Waals surface area contributed by atoms with Crippen LogP contribution in [0.15, 0.2) is 29.3 Å². The molecule has 1 unspecified atom stereocenters. The van der Waals surface area contributed by atoms with Gasteiger partial charge >= 0.3 is 0 Å². The van der Waals surface area contributed by atoms with Gasteiger partial charge < -0.3 is 20.1 Å². The SMILES string of the molecule is CN=C(NCc1cc(F)cc2c1OCOC2)NC(C)Cc1ccc(C)s1. The summed E-state index contributed by atoms with van der Waals surface area (Å²) in [5, 5.41) is 6.62. The van der Waals surface area contributed by atoms with Crippen LogP contribution in [0.5, 0.6) is 5.75 Å². The highest BCUT2D eigenvalue weighted by Gasteiger charge is 2.17. The Kier molecular flexibility index (Phi) is 6.11. The molecule has 2 aromatic rings. The smallest absolute Gasteiger partial charge is 0.191 e. The molecule has 0 saturated carbocycles. The van der Waals surface area contributed by atoms with Crippen LogP contribution in [0.25, 0.3) is 0 Å². The molecule has 0 saturated heterocycles. The summed E-state index contributed by atoms with van der Waals surface area (Å²) in [6.45, 7) is 5.21. The number of thiophene rings is 1. The molecule has 1 aromatic carbocycles. The molecule has 26 heavy (non-hydrogen) atoms. The maximum Gasteiger partial charge on any atom is 0.191 e. The van der Waals surface area contributed by atoms with Gasteiger partial charge in [0, 0.05) is 46.9 Å². The summed E-state index contributed by atoms with van der Waals surface area (Å²) in [6, 6.07) is 7.47. The molecule has 0 radical (unpaired) electrons. The minimum Gasteiger partial charge on any atom is -0.467 e. The van der Waals surface area contributed by atoms with Crippen molar-refractivity contribution in [1.82, 2.24) is 10.6 Å². The van der Waals surface area contributed by atoms with Gasteiger partial charge in [0.2, 0.25) is 0 Å². The predicted octanol–water partition coefficient (Wildman–Crippen LogP) is 3.36. The molecule has 1 aromatic heterocycles. The molecule has 0 spiro atoms. The summed E-state index contributed by atoms with van der Waals surface area (Å²) in [5.41, 5.74) is 1.49. The van der Waals surface area contributed by atoms with Gasteiger partial charge in [-0.25, -0.2) is 4.39 Å². The number of ether oxygens (including phenoxy) is 2. The molecule has 0 aliphatic carbocycles. The first-order valence-electron chi connectivity index (χ1n) is 8.59. The van der Waals surface area contributed by atoms with E-state index in [0.717, 1.165) is 17.5 Å². The third kappa shape index (κ3) is 4.74. The van der Waals surface area contributed by atoms with Gasteiger partial charge in [-0.05, 0) is 38.1 Å². The van der Waals surface area contributed by atoms with E-state index in [2.05, 4.69) is 41.6 Å². The molecular formula is C19H24FN3O2S. The van der Waals surface area contributed by atoms with Crippen LogP contribution in [0.2, 0.25) is 0 Å². The molecule has 5 nitrogen and oxygen atoms in total. The predicted molar refractivity (Wildman–Crippen MR) is 102 cm³/mol. The van der Waals surface area contributed by atoms with Crippen LogP contribution in [0.1, 0.15) is 27.8 Å². The number of hydrogen-bond donors (Lipinski definition) is 2. The summed E-state index contributed by atoms with van der Waals surface area (Å²) in [7, 11) is 1.72. The van der Waals surface area contributed by atoms with Crippen molar-refractivity contribution in [3.63, 3.8) is 0 Å². The van der Waals surface area contributed by atoms with Gasteiger partial charge in [0.15, 0.2) is 12.8 Å². The zero-order chi connectivity index (χ0) is 18.5. The molecule has 1 atom stereocenters. The fourth-order valence-electron chi connectivity index (χ4n) is 2.94. The average molecular weight is 377 g/mol. The Morgan fingerprint density at radius 1 is 1.38 bits per heavy atom. The normalized spacial score (nSPS) is 15.2. The largest absolute Gasteiger partial charge is 0.467 e. The Balaban J connectivity index is 1.60. The van der Waals surface area contributed by atoms with Crippen molar-refractivity contribution in [3.8, 4) is 5.75 Å².